The molecule has 2 aliphatic heterocycles. The number of rotatable bonds is 6. The van der Waals surface area contributed by atoms with E-state index >= 15 is 4.39 Å². The second-order valence-electron chi connectivity index (χ2n) is 9.28. The number of halogens is 1. The molecule has 0 unspecified atom stereocenters. The zero-order valence-electron chi connectivity index (χ0n) is 18.3. The number of amides is 1. The minimum absolute atomic E-state index is 0.193. The van der Waals surface area contributed by atoms with Crippen LogP contribution in [0.25, 0.3) is 0 Å². The van der Waals surface area contributed by atoms with Gasteiger partial charge in [0.05, 0.1) is 10.6 Å². The first-order valence-corrected chi connectivity index (χ1v) is 12.8. The van der Waals surface area contributed by atoms with Crippen molar-refractivity contribution < 1.29 is 22.7 Å². The van der Waals surface area contributed by atoms with Gasteiger partial charge in [-0.25, -0.2) is 17.6 Å². The monoisotopic (exact) mass is 473 g/mol. The zero-order valence-corrected chi connectivity index (χ0v) is 19.1. The van der Waals surface area contributed by atoms with Crippen molar-refractivity contribution in [3.05, 3.63) is 59.7 Å². The first kappa shape index (κ1) is 22.2. The highest BCUT2D eigenvalue weighted by molar-refractivity contribution is 7.92. The summed E-state index contributed by atoms with van der Waals surface area (Å²) in [6.45, 7) is 1.12. The number of benzene rings is 2. The van der Waals surface area contributed by atoms with E-state index in [1.54, 1.807) is 30.3 Å². The van der Waals surface area contributed by atoms with Gasteiger partial charge in [0.25, 0.3) is 10.0 Å². The molecule has 1 amide bonds. The number of nitrogens with zero attached hydrogens (tertiary/aromatic N) is 2. The molecule has 0 radical (unpaired) electrons. The molecule has 2 atom stereocenters. The van der Waals surface area contributed by atoms with Gasteiger partial charge in [-0.15, -0.1) is 0 Å². The number of nitrogens with one attached hydrogen (secondary N) is 1. The number of anilines is 1. The number of sulfonamides is 1. The van der Waals surface area contributed by atoms with Crippen LogP contribution in [0.4, 0.5) is 14.9 Å². The standard InChI is InChI=1S/C24H28FN3O4S/c25-24(9-12-27(13-10-24)23(29)30)16-26-21-15-20(21)17-6-7-22-18(14-17)8-11-28(22)33(31,32)19-4-2-1-3-5-19/h1-7,14,20-21,26H,8-13,15-16H2,(H,29,30)/t20-,21+/m0/s1. The summed E-state index contributed by atoms with van der Waals surface area (Å²) in [4.78, 5) is 12.6. The average molecular weight is 474 g/mol. The lowest BCUT2D eigenvalue weighted by atomic mass is 9.93. The van der Waals surface area contributed by atoms with Gasteiger partial charge in [-0.2, -0.15) is 0 Å². The van der Waals surface area contributed by atoms with Crippen LogP contribution in [0, 0.1) is 0 Å². The molecule has 176 valence electrons. The number of carboxylic acid groups (broad SMARTS) is 1. The molecule has 9 heteroatoms. The highest BCUT2D eigenvalue weighted by atomic mass is 32.2. The van der Waals surface area contributed by atoms with Crippen molar-refractivity contribution in [2.24, 2.45) is 0 Å². The smallest absolute Gasteiger partial charge is 0.407 e. The van der Waals surface area contributed by atoms with Gasteiger partial charge in [0.1, 0.15) is 5.67 Å². The van der Waals surface area contributed by atoms with Crippen LogP contribution < -0.4 is 9.62 Å². The molecule has 1 saturated heterocycles. The first-order chi connectivity index (χ1) is 15.8. The Morgan fingerprint density at radius 3 is 2.55 bits per heavy atom. The molecule has 2 heterocycles. The molecular weight excluding hydrogens is 445 g/mol. The SMILES string of the molecule is O=C(O)N1CCC(F)(CN[C@@H]2C[C@H]2c2ccc3c(c2)CCN3S(=O)(=O)c2ccccc2)CC1. The fourth-order valence-electron chi connectivity index (χ4n) is 4.97. The topological polar surface area (TPSA) is 89.9 Å². The first-order valence-electron chi connectivity index (χ1n) is 11.4. The molecule has 33 heavy (non-hydrogen) atoms. The lowest BCUT2D eigenvalue weighted by molar-refractivity contribution is 0.0566. The lowest BCUT2D eigenvalue weighted by Crippen LogP contribution is -2.49. The van der Waals surface area contributed by atoms with Crippen LogP contribution in [0.15, 0.2) is 53.4 Å². The summed E-state index contributed by atoms with van der Waals surface area (Å²) in [6, 6.07) is 14.7. The maximum atomic E-state index is 15.1. The molecule has 0 bridgehead atoms. The molecule has 0 spiro atoms. The third-order valence-corrected chi connectivity index (χ3v) is 8.94. The quantitative estimate of drug-likeness (QED) is 0.672. The van der Waals surface area contributed by atoms with Crippen molar-refractivity contribution >= 4 is 21.8 Å². The largest absolute Gasteiger partial charge is 0.465 e. The molecule has 3 aliphatic rings. The van der Waals surface area contributed by atoms with Crippen molar-refractivity contribution in [1.82, 2.24) is 10.2 Å². The van der Waals surface area contributed by atoms with E-state index in [1.165, 1.54) is 9.21 Å². The van der Waals surface area contributed by atoms with E-state index in [0.717, 1.165) is 23.2 Å². The van der Waals surface area contributed by atoms with E-state index in [4.69, 9.17) is 5.11 Å². The maximum Gasteiger partial charge on any atom is 0.407 e. The van der Waals surface area contributed by atoms with Crippen LogP contribution in [-0.4, -0.2) is 62.4 Å². The molecule has 1 saturated carbocycles. The Kier molecular flexibility index (Phi) is 5.56. The van der Waals surface area contributed by atoms with Gasteiger partial charge in [0.2, 0.25) is 0 Å². The average Bonchev–Trinajstić information content (AvgIpc) is 3.47. The zero-order chi connectivity index (χ0) is 23.2. The Balaban J connectivity index is 1.21. The third-order valence-electron chi connectivity index (χ3n) is 7.12. The van der Waals surface area contributed by atoms with Crippen molar-refractivity contribution in [1.29, 1.82) is 0 Å². The minimum Gasteiger partial charge on any atom is -0.465 e. The summed E-state index contributed by atoms with van der Waals surface area (Å²) in [5.41, 5.74) is 1.55. The van der Waals surface area contributed by atoms with E-state index < -0.39 is 21.8 Å². The van der Waals surface area contributed by atoms with Gasteiger partial charge in [0.15, 0.2) is 0 Å². The van der Waals surface area contributed by atoms with Gasteiger partial charge < -0.3 is 15.3 Å². The predicted octanol–water partition coefficient (Wildman–Crippen LogP) is 3.37. The number of hydrogen-bond donors (Lipinski definition) is 2. The fraction of sp³-hybridized carbons (Fsp3) is 0.458. The molecule has 7 nitrogen and oxygen atoms in total. The number of piperidine rings is 1. The normalized spacial score (nSPS) is 23.9. The molecule has 0 aromatic heterocycles. The van der Waals surface area contributed by atoms with Crippen LogP contribution in [-0.2, 0) is 16.4 Å². The van der Waals surface area contributed by atoms with E-state index in [0.29, 0.717) is 17.9 Å². The number of alkyl halides is 1. The van der Waals surface area contributed by atoms with Crippen molar-refractivity contribution in [3.63, 3.8) is 0 Å². The van der Waals surface area contributed by atoms with Crippen molar-refractivity contribution in [3.8, 4) is 0 Å². The molecule has 2 fully saturated rings. The summed E-state index contributed by atoms with van der Waals surface area (Å²) in [5, 5.41) is 12.4. The predicted molar refractivity (Wildman–Crippen MR) is 123 cm³/mol. The minimum atomic E-state index is -3.58. The van der Waals surface area contributed by atoms with Gasteiger partial charge in [-0.3, -0.25) is 4.31 Å². The Bertz CT molecular complexity index is 1150. The van der Waals surface area contributed by atoms with E-state index in [1.807, 2.05) is 12.1 Å². The maximum absolute atomic E-state index is 15.1. The van der Waals surface area contributed by atoms with E-state index in [-0.39, 0.29) is 44.4 Å². The Hall–Kier alpha value is -2.65. The van der Waals surface area contributed by atoms with Gasteiger partial charge in [-0.05, 0) is 42.2 Å². The van der Waals surface area contributed by atoms with Crippen LogP contribution in [0.1, 0.15) is 36.3 Å². The summed E-state index contributed by atoms with van der Waals surface area (Å²) in [7, 11) is -3.58. The highest BCUT2D eigenvalue weighted by Crippen LogP contribution is 2.44. The molecule has 2 aromatic carbocycles. The molecule has 2 aromatic rings. The van der Waals surface area contributed by atoms with E-state index in [9.17, 15) is 13.2 Å². The summed E-state index contributed by atoms with van der Waals surface area (Å²) in [6.07, 6.45) is 1.04. The summed E-state index contributed by atoms with van der Waals surface area (Å²) in [5.74, 6) is 0.290. The van der Waals surface area contributed by atoms with Gasteiger partial charge in [0, 0.05) is 51.0 Å². The van der Waals surface area contributed by atoms with Gasteiger partial charge >= 0.3 is 6.09 Å². The second kappa shape index (κ2) is 8.29. The van der Waals surface area contributed by atoms with Gasteiger partial charge in [-0.1, -0.05) is 30.3 Å². The number of fused-ring (bicyclic) bond motifs is 1. The molecule has 1 aliphatic carbocycles. The number of likely N-dealkylation sites (tertiary alicyclic amines) is 1. The summed E-state index contributed by atoms with van der Waals surface area (Å²) >= 11 is 0. The van der Waals surface area contributed by atoms with Crippen LogP contribution in [0.2, 0.25) is 0 Å². The van der Waals surface area contributed by atoms with E-state index in [2.05, 4.69) is 11.4 Å². The Morgan fingerprint density at radius 2 is 1.85 bits per heavy atom. The number of carbonyl (C=O) groups is 1. The van der Waals surface area contributed by atoms with Crippen LogP contribution >= 0.6 is 0 Å². The highest BCUT2D eigenvalue weighted by Gasteiger charge is 2.42. The van der Waals surface area contributed by atoms with Crippen molar-refractivity contribution in [2.45, 2.75) is 48.2 Å². The molecule has 2 N–H and O–H groups in total. The summed E-state index contributed by atoms with van der Waals surface area (Å²) < 4.78 is 42.6. The fourth-order valence-corrected chi connectivity index (χ4v) is 6.49. The Labute approximate surface area is 193 Å². The Morgan fingerprint density at radius 1 is 1.12 bits per heavy atom. The number of hydrogen-bond acceptors (Lipinski definition) is 4. The second-order valence-corrected chi connectivity index (χ2v) is 11.1. The molecule has 5 rings (SSSR count). The molecular formula is C24H28FN3O4S. The van der Waals surface area contributed by atoms with Crippen LogP contribution in [0.3, 0.4) is 0 Å². The lowest BCUT2D eigenvalue weighted by Gasteiger charge is -2.35. The van der Waals surface area contributed by atoms with Crippen LogP contribution in [0.5, 0.6) is 0 Å². The third kappa shape index (κ3) is 4.31. The van der Waals surface area contributed by atoms with Crippen molar-refractivity contribution in [2.75, 3.05) is 30.5 Å².